The second-order valence-electron chi connectivity index (χ2n) is 8.72. The van der Waals surface area contributed by atoms with Gasteiger partial charge in [-0.15, -0.1) is 0 Å². The van der Waals surface area contributed by atoms with E-state index in [1.165, 1.54) is 24.4 Å². The molecule has 1 aliphatic heterocycles. The number of Topliss-reactive ketones (excluding diaryl/α,β-unsaturated/α-hetero) is 1. The van der Waals surface area contributed by atoms with Crippen molar-refractivity contribution in [3.63, 3.8) is 0 Å². The third-order valence-corrected chi connectivity index (χ3v) is 7.75. The molecule has 0 aromatic heterocycles. The number of nitrogens with one attached hydrogen (secondary N) is 1. The number of nitrogens with zero attached hydrogens (tertiary/aromatic N) is 2. The summed E-state index contributed by atoms with van der Waals surface area (Å²) in [6, 6.07) is 7.47. The minimum Gasteiger partial charge on any atom is -0.342 e. The van der Waals surface area contributed by atoms with Crippen LogP contribution < -0.4 is 4.72 Å². The highest BCUT2D eigenvalue weighted by atomic mass is 32.2. The fraction of sp³-hybridized carbons (Fsp3) is 0.375. The zero-order chi connectivity index (χ0) is 25.4. The lowest BCUT2D eigenvalue weighted by Crippen LogP contribution is -2.45. The SMILES string of the molecule is CN(C(=O)C1C=Nc2ccc(S(=O)(=O)Nc3cccc(C(F)(F)F)c3)cc2C1=O)C1CCCCC1. The third kappa shape index (κ3) is 5.24. The lowest BCUT2D eigenvalue weighted by molar-refractivity contribution is -0.137. The second kappa shape index (κ2) is 9.44. The Balaban J connectivity index is 1.57. The van der Waals surface area contributed by atoms with Crippen LogP contribution in [0, 0.1) is 5.92 Å². The Hall–Kier alpha value is -3.21. The standard InChI is InChI=1S/C24H24F3N3O4S/c1-30(17-8-3-2-4-9-17)23(32)20-14-28-21-11-10-18(13-19(21)22(20)31)35(33,34)29-16-7-5-6-15(12-16)24(25,26)27/h5-7,10-14,17,20,29H,2-4,8-9H2,1H3. The number of fused-ring (bicyclic) bond motifs is 1. The summed E-state index contributed by atoms with van der Waals surface area (Å²) < 4.78 is 66.8. The topological polar surface area (TPSA) is 95.9 Å². The van der Waals surface area contributed by atoms with E-state index in [4.69, 9.17) is 0 Å². The van der Waals surface area contributed by atoms with Crippen LogP contribution in [-0.4, -0.2) is 44.3 Å². The van der Waals surface area contributed by atoms with Crippen LogP contribution in [0.5, 0.6) is 0 Å². The first kappa shape index (κ1) is 24.9. The number of hydrogen-bond donors (Lipinski definition) is 1. The molecule has 1 heterocycles. The average molecular weight is 508 g/mol. The fourth-order valence-corrected chi connectivity index (χ4v) is 5.47. The van der Waals surface area contributed by atoms with Crippen molar-refractivity contribution in [2.75, 3.05) is 11.8 Å². The quantitative estimate of drug-likeness (QED) is 0.588. The fourth-order valence-electron chi connectivity index (χ4n) is 4.40. The third-order valence-electron chi connectivity index (χ3n) is 6.37. The van der Waals surface area contributed by atoms with Gasteiger partial charge >= 0.3 is 6.18 Å². The van der Waals surface area contributed by atoms with Crippen LogP contribution in [0.25, 0.3) is 0 Å². The minimum absolute atomic E-state index is 0.0326. The molecule has 1 unspecified atom stereocenters. The number of amides is 1. The zero-order valence-electron chi connectivity index (χ0n) is 18.9. The number of benzene rings is 2. The van der Waals surface area contributed by atoms with Gasteiger partial charge in [0.2, 0.25) is 5.91 Å². The molecular weight excluding hydrogens is 483 g/mol. The van der Waals surface area contributed by atoms with Gasteiger partial charge in [0.05, 0.1) is 16.1 Å². The van der Waals surface area contributed by atoms with Crippen molar-refractivity contribution in [3.05, 3.63) is 53.6 Å². The first-order chi connectivity index (χ1) is 16.5. The van der Waals surface area contributed by atoms with Crippen LogP contribution in [0.3, 0.4) is 0 Å². The number of alkyl halides is 3. The van der Waals surface area contributed by atoms with Crippen LogP contribution in [0.1, 0.15) is 48.0 Å². The molecule has 0 spiro atoms. The maximum Gasteiger partial charge on any atom is 0.416 e. The van der Waals surface area contributed by atoms with Gasteiger partial charge in [-0.3, -0.25) is 19.3 Å². The van der Waals surface area contributed by atoms with Crippen molar-refractivity contribution in [3.8, 4) is 0 Å². The van der Waals surface area contributed by atoms with Gasteiger partial charge in [0.25, 0.3) is 10.0 Å². The van der Waals surface area contributed by atoms with Crippen molar-refractivity contribution in [2.24, 2.45) is 10.9 Å². The maximum absolute atomic E-state index is 13.2. The largest absolute Gasteiger partial charge is 0.416 e. The number of carbonyl (C=O) groups excluding carboxylic acids is 2. The second-order valence-corrected chi connectivity index (χ2v) is 10.4. The Labute approximate surface area is 201 Å². The Bertz CT molecular complexity index is 1290. The van der Waals surface area contributed by atoms with Gasteiger partial charge in [0.15, 0.2) is 5.78 Å². The van der Waals surface area contributed by atoms with Gasteiger partial charge in [-0.1, -0.05) is 25.3 Å². The monoisotopic (exact) mass is 507 g/mol. The molecule has 4 rings (SSSR count). The van der Waals surface area contributed by atoms with Crippen LogP contribution in [-0.2, 0) is 21.0 Å². The van der Waals surface area contributed by atoms with E-state index in [1.807, 2.05) is 0 Å². The molecule has 0 radical (unpaired) electrons. The summed E-state index contributed by atoms with van der Waals surface area (Å²) in [4.78, 5) is 31.6. The van der Waals surface area contributed by atoms with Crippen LogP contribution in [0.4, 0.5) is 24.5 Å². The van der Waals surface area contributed by atoms with E-state index in [9.17, 15) is 31.2 Å². The normalized spacial score (nSPS) is 18.7. The molecule has 1 fully saturated rings. The molecule has 35 heavy (non-hydrogen) atoms. The molecule has 7 nitrogen and oxygen atoms in total. The van der Waals surface area contributed by atoms with Gasteiger partial charge in [-0.05, 0) is 49.2 Å². The van der Waals surface area contributed by atoms with Gasteiger partial charge in [-0.25, -0.2) is 8.42 Å². The molecular formula is C24H24F3N3O4S. The highest BCUT2D eigenvalue weighted by molar-refractivity contribution is 7.92. The first-order valence-electron chi connectivity index (χ1n) is 11.2. The zero-order valence-corrected chi connectivity index (χ0v) is 19.7. The van der Waals surface area contributed by atoms with Gasteiger partial charge in [0, 0.05) is 30.6 Å². The van der Waals surface area contributed by atoms with E-state index in [-0.39, 0.29) is 27.9 Å². The van der Waals surface area contributed by atoms with Gasteiger partial charge in [-0.2, -0.15) is 13.2 Å². The van der Waals surface area contributed by atoms with Crippen molar-refractivity contribution >= 4 is 39.3 Å². The molecule has 0 saturated heterocycles. The van der Waals surface area contributed by atoms with E-state index in [0.717, 1.165) is 50.3 Å². The average Bonchev–Trinajstić information content (AvgIpc) is 2.83. The predicted octanol–water partition coefficient (Wildman–Crippen LogP) is 4.81. The molecule has 11 heteroatoms. The molecule has 1 amide bonds. The summed E-state index contributed by atoms with van der Waals surface area (Å²) in [5.41, 5.74) is -1.09. The predicted molar refractivity (Wildman–Crippen MR) is 124 cm³/mol. The highest BCUT2D eigenvalue weighted by Gasteiger charge is 2.36. The number of sulfonamides is 1. The Morgan fingerprint density at radius 1 is 1.09 bits per heavy atom. The number of carbonyl (C=O) groups is 2. The molecule has 2 aromatic rings. The van der Waals surface area contributed by atoms with Crippen molar-refractivity contribution < 1.29 is 31.2 Å². The van der Waals surface area contributed by atoms with Crippen LogP contribution >= 0.6 is 0 Å². The number of hydrogen-bond acceptors (Lipinski definition) is 5. The van der Waals surface area contributed by atoms with Crippen LogP contribution in [0.15, 0.2) is 52.4 Å². The maximum atomic E-state index is 13.2. The first-order valence-corrected chi connectivity index (χ1v) is 12.6. The summed E-state index contributed by atoms with van der Waals surface area (Å²) in [5.74, 6) is -2.13. The summed E-state index contributed by atoms with van der Waals surface area (Å²) in [5, 5.41) is 0. The van der Waals surface area contributed by atoms with Crippen molar-refractivity contribution in [1.29, 1.82) is 0 Å². The lowest BCUT2D eigenvalue weighted by atomic mass is 9.90. The lowest BCUT2D eigenvalue weighted by Gasteiger charge is -2.33. The smallest absolute Gasteiger partial charge is 0.342 e. The number of halogens is 3. The molecule has 1 atom stereocenters. The summed E-state index contributed by atoms with van der Waals surface area (Å²) in [6.45, 7) is 0. The Morgan fingerprint density at radius 3 is 2.49 bits per heavy atom. The summed E-state index contributed by atoms with van der Waals surface area (Å²) >= 11 is 0. The Kier molecular flexibility index (Phi) is 6.72. The molecule has 2 aliphatic rings. The molecule has 2 aromatic carbocycles. The van der Waals surface area contributed by atoms with Crippen molar-refractivity contribution in [2.45, 2.75) is 49.2 Å². The van der Waals surface area contributed by atoms with E-state index < -0.39 is 39.4 Å². The van der Waals surface area contributed by atoms with E-state index in [1.54, 1.807) is 11.9 Å². The minimum atomic E-state index is -4.63. The number of ketones is 1. The number of aliphatic imine (C=N–C) groups is 1. The van der Waals surface area contributed by atoms with E-state index in [0.29, 0.717) is 6.07 Å². The molecule has 1 aliphatic carbocycles. The van der Waals surface area contributed by atoms with Gasteiger partial charge < -0.3 is 4.90 Å². The Morgan fingerprint density at radius 2 is 1.80 bits per heavy atom. The summed E-state index contributed by atoms with van der Waals surface area (Å²) in [7, 11) is -2.66. The molecule has 1 N–H and O–H groups in total. The highest BCUT2D eigenvalue weighted by Crippen LogP contribution is 2.33. The van der Waals surface area contributed by atoms with Crippen LogP contribution in [0.2, 0.25) is 0 Å². The molecule has 1 saturated carbocycles. The number of rotatable bonds is 5. The van der Waals surface area contributed by atoms with Gasteiger partial charge in [0.1, 0.15) is 5.92 Å². The van der Waals surface area contributed by atoms with E-state index in [2.05, 4.69) is 9.71 Å². The van der Waals surface area contributed by atoms with E-state index >= 15 is 0 Å². The summed E-state index contributed by atoms with van der Waals surface area (Å²) in [6.07, 6.45) is 1.50. The number of anilines is 1. The molecule has 0 bridgehead atoms. The van der Waals surface area contributed by atoms with Crippen molar-refractivity contribution in [1.82, 2.24) is 4.90 Å². The molecule has 186 valence electrons.